The zero-order valence-electron chi connectivity index (χ0n) is 15.8. The number of methoxy groups -OCH3 is 1. The lowest BCUT2D eigenvalue weighted by molar-refractivity contribution is -0.184. The van der Waals surface area contributed by atoms with E-state index in [0.717, 1.165) is 44.9 Å². The Hall–Kier alpha value is -0.870. The summed E-state index contributed by atoms with van der Waals surface area (Å²) in [7, 11) is 1.38. The maximum atomic E-state index is 12.4. The van der Waals surface area contributed by atoms with Gasteiger partial charge in [-0.1, -0.05) is 25.5 Å². The first-order valence-corrected chi connectivity index (χ1v) is 9.94. The summed E-state index contributed by atoms with van der Waals surface area (Å²) in [6, 6.07) is 0. The number of esters is 1. The third-order valence-corrected chi connectivity index (χ3v) is 8.75. The fourth-order valence-electron chi connectivity index (χ4n) is 7.16. The summed E-state index contributed by atoms with van der Waals surface area (Å²) in [5, 5.41) is 21.3. The van der Waals surface area contributed by atoms with Crippen LogP contribution < -0.4 is 0 Å². The van der Waals surface area contributed by atoms with Gasteiger partial charge >= 0.3 is 5.97 Å². The number of allylic oxidation sites excluding steroid dienone is 1. The first kappa shape index (κ1) is 17.5. The molecule has 4 heteroatoms. The van der Waals surface area contributed by atoms with Crippen molar-refractivity contribution in [1.29, 1.82) is 0 Å². The molecule has 4 rings (SSSR count). The van der Waals surface area contributed by atoms with E-state index in [1.165, 1.54) is 12.7 Å². The molecule has 3 saturated carbocycles. The van der Waals surface area contributed by atoms with Crippen LogP contribution in [0.15, 0.2) is 11.6 Å². The van der Waals surface area contributed by atoms with Crippen LogP contribution in [0.3, 0.4) is 0 Å². The number of hydrogen-bond acceptors (Lipinski definition) is 4. The lowest BCUT2D eigenvalue weighted by atomic mass is 9.47. The Bertz CT molecular complexity index is 613. The second kappa shape index (κ2) is 5.56. The molecule has 0 aromatic rings. The van der Waals surface area contributed by atoms with Gasteiger partial charge in [-0.2, -0.15) is 0 Å². The predicted octanol–water partition coefficient (Wildman–Crippen LogP) is 3.21. The quantitative estimate of drug-likeness (QED) is 0.564. The highest BCUT2D eigenvalue weighted by Gasteiger charge is 2.66. The van der Waals surface area contributed by atoms with Crippen LogP contribution in [0.1, 0.15) is 65.2 Å². The highest BCUT2D eigenvalue weighted by molar-refractivity contribution is 5.81. The molecule has 7 atom stereocenters. The molecule has 0 unspecified atom stereocenters. The van der Waals surface area contributed by atoms with Gasteiger partial charge in [0.2, 0.25) is 0 Å². The molecule has 0 amide bonds. The van der Waals surface area contributed by atoms with Gasteiger partial charge in [-0.25, -0.2) is 4.79 Å². The fraction of sp³-hybridized carbons (Fsp3) is 0.857. The van der Waals surface area contributed by atoms with E-state index in [2.05, 4.69) is 19.9 Å². The third-order valence-electron chi connectivity index (χ3n) is 8.75. The maximum Gasteiger partial charge on any atom is 0.338 e. The highest BCUT2D eigenvalue weighted by Crippen LogP contribution is 2.67. The summed E-state index contributed by atoms with van der Waals surface area (Å²) in [6.07, 6.45) is 9.38. The third kappa shape index (κ3) is 2.16. The topological polar surface area (TPSA) is 66.8 Å². The molecule has 0 aromatic heterocycles. The van der Waals surface area contributed by atoms with Crippen LogP contribution in [0.25, 0.3) is 0 Å². The van der Waals surface area contributed by atoms with Crippen molar-refractivity contribution in [1.82, 2.24) is 0 Å². The monoisotopic (exact) mass is 348 g/mol. The lowest BCUT2D eigenvalue weighted by Crippen LogP contribution is -2.57. The Morgan fingerprint density at radius 3 is 2.60 bits per heavy atom. The van der Waals surface area contributed by atoms with E-state index < -0.39 is 11.6 Å². The lowest BCUT2D eigenvalue weighted by Gasteiger charge is -2.58. The van der Waals surface area contributed by atoms with Crippen molar-refractivity contribution < 1.29 is 19.7 Å². The molecule has 0 aliphatic heterocycles. The summed E-state index contributed by atoms with van der Waals surface area (Å²) >= 11 is 0. The van der Waals surface area contributed by atoms with Gasteiger partial charge in [0, 0.05) is 5.41 Å². The Kier molecular flexibility index (Phi) is 3.90. The molecule has 0 aromatic carbocycles. The fourth-order valence-corrected chi connectivity index (χ4v) is 7.16. The van der Waals surface area contributed by atoms with Crippen LogP contribution in [0.2, 0.25) is 0 Å². The van der Waals surface area contributed by atoms with Crippen molar-refractivity contribution in [3.05, 3.63) is 11.6 Å². The van der Waals surface area contributed by atoms with Crippen molar-refractivity contribution >= 4 is 5.97 Å². The zero-order chi connectivity index (χ0) is 18.0. The van der Waals surface area contributed by atoms with Gasteiger partial charge in [0.1, 0.15) is 0 Å². The average Bonchev–Trinajstić information content (AvgIpc) is 2.87. The van der Waals surface area contributed by atoms with Gasteiger partial charge in [0.25, 0.3) is 0 Å². The molecule has 0 heterocycles. The summed E-state index contributed by atoms with van der Waals surface area (Å²) in [5.41, 5.74) is -0.0604. The van der Waals surface area contributed by atoms with E-state index in [1.54, 1.807) is 0 Å². The summed E-state index contributed by atoms with van der Waals surface area (Å²) < 4.78 is 4.98. The van der Waals surface area contributed by atoms with Gasteiger partial charge in [-0.05, 0) is 74.5 Å². The van der Waals surface area contributed by atoms with Gasteiger partial charge in [-0.3, -0.25) is 0 Å². The van der Waals surface area contributed by atoms with Crippen LogP contribution in [-0.4, -0.2) is 35.0 Å². The number of aliphatic hydroxyl groups is 2. The van der Waals surface area contributed by atoms with Crippen molar-refractivity contribution in [3.8, 4) is 0 Å². The molecule has 2 N–H and O–H groups in total. The minimum absolute atomic E-state index is 0.180. The molecular weight excluding hydrogens is 316 g/mol. The van der Waals surface area contributed by atoms with Crippen LogP contribution in [0.5, 0.6) is 0 Å². The summed E-state index contributed by atoms with van der Waals surface area (Å²) in [4.78, 5) is 12.4. The minimum Gasteiger partial charge on any atom is -0.467 e. The number of hydrogen-bond donors (Lipinski definition) is 2. The zero-order valence-corrected chi connectivity index (χ0v) is 15.8. The average molecular weight is 348 g/mol. The van der Waals surface area contributed by atoms with E-state index in [4.69, 9.17) is 4.74 Å². The molecule has 4 nitrogen and oxygen atoms in total. The number of carbonyl (C=O) groups excluding carboxylic acids is 1. The second-order valence-electron chi connectivity index (χ2n) is 9.50. The maximum absolute atomic E-state index is 12.4. The van der Waals surface area contributed by atoms with Crippen molar-refractivity contribution in [2.45, 2.75) is 76.9 Å². The molecular formula is C21H32O4. The number of ether oxygens (including phenoxy) is 1. The van der Waals surface area contributed by atoms with E-state index in [0.29, 0.717) is 24.2 Å². The first-order chi connectivity index (χ1) is 11.8. The van der Waals surface area contributed by atoms with Crippen molar-refractivity contribution in [3.63, 3.8) is 0 Å². The Labute approximate surface area is 150 Å². The normalized spacial score (nSPS) is 51.8. The standard InChI is InChI=1S/C21H32O4/c1-19-9-6-14(22)12-13(19)4-5-15-16(19)7-10-20(2)17(15)8-11-21(20,24)18(23)25-3/h4,14-17,22,24H,5-12H2,1-3H3/t14-,15-,16+,17-,19+,20+,21-/m1/s1. The van der Waals surface area contributed by atoms with Crippen LogP contribution in [-0.2, 0) is 9.53 Å². The minimum atomic E-state index is -1.33. The number of rotatable bonds is 1. The highest BCUT2D eigenvalue weighted by atomic mass is 16.5. The van der Waals surface area contributed by atoms with Gasteiger partial charge in [-0.15, -0.1) is 0 Å². The largest absolute Gasteiger partial charge is 0.467 e. The number of aliphatic hydroxyl groups excluding tert-OH is 1. The molecule has 25 heavy (non-hydrogen) atoms. The predicted molar refractivity (Wildman–Crippen MR) is 94.7 cm³/mol. The SMILES string of the molecule is COC(=O)[C@]1(O)CC[C@@H]2[C@@H]3CC=C4C[C@H](O)CC[C@]4(C)[C@H]3CC[C@@]21C. The first-order valence-electron chi connectivity index (χ1n) is 9.94. The van der Waals surface area contributed by atoms with Crippen LogP contribution >= 0.6 is 0 Å². The van der Waals surface area contributed by atoms with E-state index >= 15 is 0 Å². The summed E-state index contributed by atoms with van der Waals surface area (Å²) in [6.45, 7) is 4.51. The molecule has 0 radical (unpaired) electrons. The molecule has 140 valence electrons. The molecule has 0 spiro atoms. The van der Waals surface area contributed by atoms with Crippen LogP contribution in [0, 0.1) is 28.6 Å². The van der Waals surface area contributed by atoms with E-state index in [1.807, 2.05) is 0 Å². The second-order valence-corrected chi connectivity index (χ2v) is 9.50. The van der Waals surface area contributed by atoms with E-state index in [-0.39, 0.29) is 16.9 Å². The Morgan fingerprint density at radius 2 is 1.88 bits per heavy atom. The smallest absolute Gasteiger partial charge is 0.338 e. The van der Waals surface area contributed by atoms with Gasteiger partial charge < -0.3 is 14.9 Å². The van der Waals surface area contributed by atoms with Crippen LogP contribution in [0.4, 0.5) is 0 Å². The van der Waals surface area contributed by atoms with Crippen molar-refractivity contribution in [2.24, 2.45) is 28.6 Å². The summed E-state index contributed by atoms with van der Waals surface area (Å²) in [5.74, 6) is 1.06. The van der Waals surface area contributed by atoms with E-state index in [9.17, 15) is 15.0 Å². The molecule has 0 bridgehead atoms. The Balaban J connectivity index is 1.68. The van der Waals surface area contributed by atoms with Crippen molar-refractivity contribution in [2.75, 3.05) is 7.11 Å². The molecule has 4 aliphatic rings. The molecule has 0 saturated heterocycles. The molecule has 4 aliphatic carbocycles. The molecule has 3 fully saturated rings. The van der Waals surface area contributed by atoms with Gasteiger partial charge in [0.15, 0.2) is 5.60 Å². The Morgan fingerprint density at radius 1 is 1.16 bits per heavy atom. The number of carbonyl (C=O) groups is 1. The van der Waals surface area contributed by atoms with Gasteiger partial charge in [0.05, 0.1) is 13.2 Å². The number of fused-ring (bicyclic) bond motifs is 5.